The van der Waals surface area contributed by atoms with Gasteiger partial charge in [-0.1, -0.05) is 12.1 Å². The zero-order chi connectivity index (χ0) is 19.3. The van der Waals surface area contributed by atoms with E-state index in [2.05, 4.69) is 15.3 Å². The zero-order valence-corrected chi connectivity index (χ0v) is 13.7. The van der Waals surface area contributed by atoms with Crippen molar-refractivity contribution < 1.29 is 23.2 Å². The lowest BCUT2D eigenvalue weighted by molar-refractivity contribution is -0.383. The van der Waals surface area contributed by atoms with Crippen molar-refractivity contribution >= 4 is 23.0 Å². The number of anilines is 3. The predicted molar refractivity (Wildman–Crippen MR) is 88.4 cm³/mol. The second-order valence-corrected chi connectivity index (χ2v) is 5.12. The summed E-state index contributed by atoms with van der Waals surface area (Å²) < 4.78 is 39.4. The first-order valence-electron chi connectivity index (χ1n) is 7.58. The number of nitrogens with one attached hydrogen (secondary N) is 1. The summed E-state index contributed by atoms with van der Waals surface area (Å²) >= 11 is 0. The van der Waals surface area contributed by atoms with Crippen molar-refractivity contribution in [1.82, 2.24) is 9.97 Å². The number of aliphatic hydroxyl groups excluding tert-OH is 1. The van der Waals surface area contributed by atoms with E-state index < -0.39 is 22.4 Å². The first kappa shape index (κ1) is 19.4. The monoisotopic (exact) mass is 371 g/mol. The number of para-hydroxylation sites is 1. The molecule has 0 amide bonds. The van der Waals surface area contributed by atoms with E-state index in [1.807, 2.05) is 0 Å². The molecule has 2 aromatic rings. The molecule has 0 fully saturated rings. The molecule has 8 nitrogen and oxygen atoms in total. The van der Waals surface area contributed by atoms with Gasteiger partial charge in [-0.2, -0.15) is 13.2 Å². The molecule has 0 aliphatic heterocycles. The molecule has 0 spiro atoms. The van der Waals surface area contributed by atoms with E-state index in [0.717, 1.165) is 18.5 Å². The van der Waals surface area contributed by atoms with Crippen LogP contribution in [0.25, 0.3) is 0 Å². The van der Waals surface area contributed by atoms with Crippen LogP contribution in [0.1, 0.15) is 12.5 Å². The SMILES string of the molecule is CCN(CCO)c1ncnc(Nc2ccccc2C(F)(F)F)c1[N+](=O)[O-]. The molecule has 0 aliphatic carbocycles. The highest BCUT2D eigenvalue weighted by molar-refractivity contribution is 5.75. The molecule has 11 heteroatoms. The van der Waals surface area contributed by atoms with Crippen molar-refractivity contribution in [2.24, 2.45) is 0 Å². The van der Waals surface area contributed by atoms with Crippen molar-refractivity contribution in [3.05, 3.63) is 46.3 Å². The van der Waals surface area contributed by atoms with Crippen LogP contribution >= 0.6 is 0 Å². The smallest absolute Gasteiger partial charge is 0.395 e. The third kappa shape index (κ3) is 4.17. The first-order chi connectivity index (χ1) is 12.3. The Hall–Kier alpha value is -2.95. The maximum absolute atomic E-state index is 13.1. The van der Waals surface area contributed by atoms with E-state index in [0.29, 0.717) is 6.54 Å². The van der Waals surface area contributed by atoms with E-state index >= 15 is 0 Å². The van der Waals surface area contributed by atoms with Gasteiger partial charge in [0.05, 0.1) is 22.8 Å². The van der Waals surface area contributed by atoms with E-state index in [1.165, 1.54) is 17.0 Å². The standard InChI is InChI=1S/C15H16F3N5O3/c1-2-22(7-8-24)14-12(23(25)26)13(19-9-20-14)21-11-6-4-3-5-10(11)15(16,17)18/h3-6,9,24H,2,7-8H2,1H3,(H,19,20,21). The Bertz CT molecular complexity index is 785. The Morgan fingerprint density at radius 2 is 2.00 bits per heavy atom. The molecule has 1 heterocycles. The average Bonchev–Trinajstić information content (AvgIpc) is 2.58. The summed E-state index contributed by atoms with van der Waals surface area (Å²) in [5, 5.41) is 23.0. The van der Waals surface area contributed by atoms with Gasteiger partial charge in [-0.3, -0.25) is 10.1 Å². The Kier molecular flexibility index (Phi) is 5.93. The molecule has 0 unspecified atom stereocenters. The number of rotatable bonds is 7. The molecule has 26 heavy (non-hydrogen) atoms. The van der Waals surface area contributed by atoms with Crippen LogP contribution in [0, 0.1) is 10.1 Å². The third-order valence-corrected chi connectivity index (χ3v) is 3.52. The number of hydrogen-bond donors (Lipinski definition) is 2. The lowest BCUT2D eigenvalue weighted by atomic mass is 10.1. The molecule has 0 atom stereocenters. The molecule has 0 bridgehead atoms. The Morgan fingerprint density at radius 3 is 2.58 bits per heavy atom. The maximum atomic E-state index is 13.1. The van der Waals surface area contributed by atoms with Crippen LogP contribution < -0.4 is 10.2 Å². The molecule has 0 saturated carbocycles. The number of aromatic nitrogens is 2. The van der Waals surface area contributed by atoms with Crippen LogP contribution in [-0.4, -0.2) is 39.7 Å². The number of alkyl halides is 3. The summed E-state index contributed by atoms with van der Waals surface area (Å²) in [6.07, 6.45) is -3.62. The zero-order valence-electron chi connectivity index (χ0n) is 13.7. The fourth-order valence-corrected chi connectivity index (χ4v) is 2.36. The Morgan fingerprint density at radius 1 is 1.31 bits per heavy atom. The minimum atomic E-state index is -4.64. The summed E-state index contributed by atoms with van der Waals surface area (Å²) in [5.74, 6) is -0.457. The lowest BCUT2D eigenvalue weighted by Gasteiger charge is -2.21. The van der Waals surface area contributed by atoms with Crippen molar-refractivity contribution in [1.29, 1.82) is 0 Å². The van der Waals surface area contributed by atoms with Crippen LogP contribution in [0.4, 0.5) is 36.2 Å². The number of nitro groups is 1. The van der Waals surface area contributed by atoms with E-state index in [1.54, 1.807) is 6.92 Å². The predicted octanol–water partition coefficient (Wildman–Crippen LogP) is 2.97. The largest absolute Gasteiger partial charge is 0.418 e. The summed E-state index contributed by atoms with van der Waals surface area (Å²) in [6, 6.07) is 4.60. The van der Waals surface area contributed by atoms with Crippen LogP contribution in [0.15, 0.2) is 30.6 Å². The molecule has 2 rings (SSSR count). The van der Waals surface area contributed by atoms with Gasteiger partial charge in [-0.25, -0.2) is 9.97 Å². The van der Waals surface area contributed by atoms with E-state index in [9.17, 15) is 23.3 Å². The summed E-state index contributed by atoms with van der Waals surface area (Å²) in [5.41, 5.74) is -1.91. The van der Waals surface area contributed by atoms with Gasteiger partial charge in [0, 0.05) is 13.1 Å². The average molecular weight is 371 g/mol. The van der Waals surface area contributed by atoms with E-state index in [4.69, 9.17) is 5.11 Å². The van der Waals surface area contributed by atoms with Gasteiger partial charge < -0.3 is 15.3 Å². The molecule has 2 N–H and O–H groups in total. The number of benzene rings is 1. The normalized spacial score (nSPS) is 11.3. The molecule has 140 valence electrons. The second kappa shape index (κ2) is 7.95. The minimum Gasteiger partial charge on any atom is -0.395 e. The van der Waals surface area contributed by atoms with Crippen LogP contribution in [0.2, 0.25) is 0 Å². The maximum Gasteiger partial charge on any atom is 0.418 e. The van der Waals surface area contributed by atoms with Gasteiger partial charge in [0.25, 0.3) is 0 Å². The van der Waals surface area contributed by atoms with Crippen molar-refractivity contribution in [3.8, 4) is 0 Å². The molecular weight excluding hydrogens is 355 g/mol. The molecule has 1 aromatic carbocycles. The van der Waals surface area contributed by atoms with Gasteiger partial charge in [-0.15, -0.1) is 0 Å². The molecular formula is C15H16F3N5O3. The number of nitrogens with zero attached hydrogens (tertiary/aromatic N) is 4. The Balaban J connectivity index is 2.53. The second-order valence-electron chi connectivity index (χ2n) is 5.12. The fraction of sp³-hybridized carbons (Fsp3) is 0.333. The van der Waals surface area contributed by atoms with Crippen LogP contribution in [-0.2, 0) is 6.18 Å². The number of aliphatic hydroxyl groups is 1. The highest BCUT2D eigenvalue weighted by Gasteiger charge is 2.34. The molecule has 1 aromatic heterocycles. The first-order valence-corrected chi connectivity index (χ1v) is 7.58. The lowest BCUT2D eigenvalue weighted by Crippen LogP contribution is -2.28. The number of likely N-dealkylation sites (N-methyl/N-ethyl adjacent to an activating group) is 1. The number of halogens is 3. The quantitative estimate of drug-likeness (QED) is 0.569. The van der Waals surface area contributed by atoms with Gasteiger partial charge in [0.15, 0.2) is 0 Å². The minimum absolute atomic E-state index is 0.0763. The van der Waals surface area contributed by atoms with Crippen LogP contribution in [0.5, 0.6) is 0 Å². The summed E-state index contributed by atoms with van der Waals surface area (Å²) in [7, 11) is 0. The van der Waals surface area contributed by atoms with Gasteiger partial charge in [0.1, 0.15) is 6.33 Å². The third-order valence-electron chi connectivity index (χ3n) is 3.52. The highest BCUT2D eigenvalue weighted by Crippen LogP contribution is 2.38. The summed E-state index contributed by atoms with van der Waals surface area (Å²) in [6.45, 7) is 1.81. The van der Waals surface area contributed by atoms with E-state index in [-0.39, 0.29) is 30.5 Å². The summed E-state index contributed by atoms with van der Waals surface area (Å²) in [4.78, 5) is 19.8. The highest BCUT2D eigenvalue weighted by atomic mass is 19.4. The van der Waals surface area contributed by atoms with Crippen molar-refractivity contribution in [3.63, 3.8) is 0 Å². The van der Waals surface area contributed by atoms with Gasteiger partial charge in [0.2, 0.25) is 11.6 Å². The van der Waals surface area contributed by atoms with Crippen molar-refractivity contribution in [2.45, 2.75) is 13.1 Å². The molecule has 0 radical (unpaired) electrons. The number of hydrogen-bond acceptors (Lipinski definition) is 7. The molecule has 0 aliphatic rings. The molecule has 0 saturated heterocycles. The van der Waals surface area contributed by atoms with Crippen LogP contribution in [0.3, 0.4) is 0 Å². The van der Waals surface area contributed by atoms with Gasteiger partial charge >= 0.3 is 11.9 Å². The fourth-order valence-electron chi connectivity index (χ4n) is 2.36. The van der Waals surface area contributed by atoms with Crippen molar-refractivity contribution in [2.75, 3.05) is 29.9 Å². The van der Waals surface area contributed by atoms with Gasteiger partial charge in [-0.05, 0) is 19.1 Å². The topological polar surface area (TPSA) is 104 Å². The Labute approximate surface area is 146 Å².